The molecule has 0 aliphatic rings. The van der Waals surface area contributed by atoms with Crippen LogP contribution in [0.2, 0.25) is 0 Å². The molecule has 0 bridgehead atoms. The molecule has 7 heteroatoms. The summed E-state index contributed by atoms with van der Waals surface area (Å²) in [7, 11) is -1.77. The summed E-state index contributed by atoms with van der Waals surface area (Å²) in [6.07, 6.45) is 0. The standard InChI is InChI=1S/C21H25N3O3S/c1-5-24(6-2)28(26,27)20-14-17(12-11-15(20)3)22-21(25)19-13-16-9-7-8-10-18(16)23(19)4/h7-14H,5-6H2,1-4H3,(H,22,25). The van der Waals surface area contributed by atoms with Crippen molar-refractivity contribution in [2.24, 2.45) is 7.05 Å². The van der Waals surface area contributed by atoms with Crippen molar-refractivity contribution in [1.82, 2.24) is 8.87 Å². The van der Waals surface area contributed by atoms with E-state index >= 15 is 0 Å². The Morgan fingerprint density at radius 3 is 2.39 bits per heavy atom. The molecule has 28 heavy (non-hydrogen) atoms. The molecule has 1 N–H and O–H groups in total. The number of hydrogen-bond donors (Lipinski definition) is 1. The first-order valence-electron chi connectivity index (χ1n) is 9.26. The summed E-state index contributed by atoms with van der Waals surface area (Å²) in [6, 6.07) is 14.5. The summed E-state index contributed by atoms with van der Waals surface area (Å²) in [5.74, 6) is -0.284. The molecule has 0 fully saturated rings. The summed E-state index contributed by atoms with van der Waals surface area (Å²) in [5, 5.41) is 3.81. The predicted octanol–water partition coefficient (Wildman–Crippen LogP) is 3.77. The van der Waals surface area contributed by atoms with Gasteiger partial charge in [0.25, 0.3) is 5.91 Å². The van der Waals surface area contributed by atoms with Crippen LogP contribution >= 0.6 is 0 Å². The third-order valence-electron chi connectivity index (χ3n) is 4.95. The summed E-state index contributed by atoms with van der Waals surface area (Å²) in [6.45, 7) is 6.16. The van der Waals surface area contributed by atoms with Gasteiger partial charge in [0, 0.05) is 36.7 Å². The molecule has 0 aliphatic carbocycles. The number of para-hydroxylation sites is 1. The lowest BCUT2D eigenvalue weighted by Gasteiger charge is -2.20. The molecule has 0 saturated carbocycles. The number of hydrogen-bond acceptors (Lipinski definition) is 3. The highest BCUT2D eigenvalue weighted by atomic mass is 32.2. The number of nitrogens with zero attached hydrogens (tertiary/aromatic N) is 2. The van der Waals surface area contributed by atoms with Gasteiger partial charge in [0.2, 0.25) is 10.0 Å². The average molecular weight is 400 g/mol. The number of amides is 1. The maximum Gasteiger partial charge on any atom is 0.272 e. The highest BCUT2D eigenvalue weighted by Crippen LogP contribution is 2.25. The lowest BCUT2D eigenvalue weighted by molar-refractivity contribution is 0.101. The normalized spacial score (nSPS) is 11.9. The fourth-order valence-electron chi connectivity index (χ4n) is 3.36. The molecule has 1 aromatic heterocycles. The minimum Gasteiger partial charge on any atom is -0.340 e. The van der Waals surface area contributed by atoms with Crippen molar-refractivity contribution in [3.05, 3.63) is 59.8 Å². The average Bonchev–Trinajstić information content (AvgIpc) is 3.01. The van der Waals surface area contributed by atoms with Crippen molar-refractivity contribution in [2.45, 2.75) is 25.7 Å². The number of fused-ring (bicyclic) bond motifs is 1. The maximum absolute atomic E-state index is 12.9. The molecule has 2 aromatic carbocycles. The molecular formula is C21H25N3O3S. The van der Waals surface area contributed by atoms with Gasteiger partial charge in [-0.1, -0.05) is 38.1 Å². The molecule has 0 aliphatic heterocycles. The van der Waals surface area contributed by atoms with Crippen molar-refractivity contribution in [2.75, 3.05) is 18.4 Å². The second kappa shape index (κ2) is 7.77. The Bertz CT molecular complexity index is 1130. The lowest BCUT2D eigenvalue weighted by atomic mass is 10.2. The molecule has 3 rings (SSSR count). The van der Waals surface area contributed by atoms with E-state index in [1.807, 2.05) is 55.8 Å². The topological polar surface area (TPSA) is 71.4 Å². The van der Waals surface area contributed by atoms with Crippen LogP contribution in [0.1, 0.15) is 29.9 Å². The Labute approximate surface area is 165 Å². The van der Waals surface area contributed by atoms with E-state index in [-0.39, 0.29) is 10.8 Å². The van der Waals surface area contributed by atoms with Gasteiger partial charge in [-0.25, -0.2) is 8.42 Å². The zero-order valence-corrected chi connectivity index (χ0v) is 17.4. The van der Waals surface area contributed by atoms with Crippen molar-refractivity contribution in [3.63, 3.8) is 0 Å². The van der Waals surface area contributed by atoms with Crippen LogP contribution in [0, 0.1) is 6.92 Å². The first-order valence-corrected chi connectivity index (χ1v) is 10.7. The zero-order valence-electron chi connectivity index (χ0n) is 16.6. The van der Waals surface area contributed by atoms with E-state index in [4.69, 9.17) is 0 Å². The number of anilines is 1. The largest absolute Gasteiger partial charge is 0.340 e. The third-order valence-corrected chi connectivity index (χ3v) is 7.15. The van der Waals surface area contributed by atoms with Crippen LogP contribution in [0.4, 0.5) is 5.69 Å². The number of benzene rings is 2. The number of aromatic nitrogens is 1. The van der Waals surface area contributed by atoms with Gasteiger partial charge in [-0.15, -0.1) is 0 Å². The molecule has 0 radical (unpaired) electrons. The maximum atomic E-state index is 12.9. The van der Waals surface area contributed by atoms with Gasteiger partial charge in [-0.05, 0) is 36.8 Å². The van der Waals surface area contributed by atoms with Crippen LogP contribution in [0.15, 0.2) is 53.4 Å². The Morgan fingerprint density at radius 2 is 1.75 bits per heavy atom. The summed E-state index contributed by atoms with van der Waals surface area (Å²) in [5.41, 5.74) is 2.57. The first kappa shape index (κ1) is 20.1. The molecule has 0 unspecified atom stereocenters. The van der Waals surface area contributed by atoms with Crippen molar-refractivity contribution in [1.29, 1.82) is 0 Å². The van der Waals surface area contributed by atoms with E-state index in [2.05, 4.69) is 5.32 Å². The van der Waals surface area contributed by atoms with Gasteiger partial charge in [-0.3, -0.25) is 4.79 Å². The smallest absolute Gasteiger partial charge is 0.272 e. The Morgan fingerprint density at radius 1 is 1.07 bits per heavy atom. The highest BCUT2D eigenvalue weighted by Gasteiger charge is 2.24. The van der Waals surface area contributed by atoms with Crippen molar-refractivity contribution in [3.8, 4) is 0 Å². The van der Waals surface area contributed by atoms with E-state index in [9.17, 15) is 13.2 Å². The van der Waals surface area contributed by atoms with Gasteiger partial charge in [-0.2, -0.15) is 4.31 Å². The highest BCUT2D eigenvalue weighted by molar-refractivity contribution is 7.89. The molecule has 3 aromatic rings. The third kappa shape index (κ3) is 3.55. The van der Waals surface area contributed by atoms with Gasteiger partial charge >= 0.3 is 0 Å². The Hall–Kier alpha value is -2.64. The Kier molecular flexibility index (Phi) is 5.58. The summed E-state index contributed by atoms with van der Waals surface area (Å²) in [4.78, 5) is 13.0. The zero-order chi connectivity index (χ0) is 20.5. The molecule has 0 spiro atoms. The van der Waals surface area contributed by atoms with Crippen LogP contribution in [0.25, 0.3) is 10.9 Å². The molecule has 148 valence electrons. The first-order chi connectivity index (χ1) is 13.3. The van der Waals surface area contributed by atoms with Crippen LogP contribution in [0.5, 0.6) is 0 Å². The van der Waals surface area contributed by atoms with Gasteiger partial charge in [0.05, 0.1) is 4.90 Å². The minimum absolute atomic E-state index is 0.214. The number of nitrogens with one attached hydrogen (secondary N) is 1. The number of carbonyl (C=O) groups is 1. The second-order valence-electron chi connectivity index (χ2n) is 6.67. The van der Waals surface area contributed by atoms with Gasteiger partial charge < -0.3 is 9.88 Å². The SMILES string of the molecule is CCN(CC)S(=O)(=O)c1cc(NC(=O)c2cc3ccccc3n2C)ccc1C. The fraction of sp³-hybridized carbons (Fsp3) is 0.286. The molecule has 1 amide bonds. The van der Waals surface area contributed by atoms with Gasteiger partial charge in [0.15, 0.2) is 0 Å². The van der Waals surface area contributed by atoms with E-state index in [1.165, 1.54) is 10.4 Å². The summed E-state index contributed by atoms with van der Waals surface area (Å²) < 4.78 is 29.0. The van der Waals surface area contributed by atoms with E-state index in [1.54, 1.807) is 19.1 Å². The van der Waals surface area contributed by atoms with Crippen LogP contribution in [-0.4, -0.2) is 36.3 Å². The number of rotatable bonds is 6. The second-order valence-corrected chi connectivity index (χ2v) is 8.58. The monoisotopic (exact) mass is 399 g/mol. The minimum atomic E-state index is -3.61. The van der Waals surface area contributed by atoms with E-state index < -0.39 is 10.0 Å². The molecule has 0 saturated heterocycles. The summed E-state index contributed by atoms with van der Waals surface area (Å²) >= 11 is 0. The van der Waals surface area contributed by atoms with Crippen LogP contribution in [-0.2, 0) is 17.1 Å². The van der Waals surface area contributed by atoms with E-state index in [0.29, 0.717) is 30.0 Å². The van der Waals surface area contributed by atoms with E-state index in [0.717, 1.165) is 10.9 Å². The molecule has 0 atom stereocenters. The lowest BCUT2D eigenvalue weighted by Crippen LogP contribution is -2.31. The molecule has 1 heterocycles. The number of carbonyl (C=O) groups excluding carboxylic acids is 1. The van der Waals surface area contributed by atoms with Crippen LogP contribution < -0.4 is 5.32 Å². The Balaban J connectivity index is 1.95. The quantitative estimate of drug-likeness (QED) is 0.686. The fourth-order valence-corrected chi connectivity index (χ4v) is 5.07. The predicted molar refractivity (Wildman–Crippen MR) is 112 cm³/mol. The number of sulfonamides is 1. The van der Waals surface area contributed by atoms with Crippen LogP contribution in [0.3, 0.4) is 0 Å². The van der Waals surface area contributed by atoms with Gasteiger partial charge in [0.1, 0.15) is 5.69 Å². The molecular weight excluding hydrogens is 374 g/mol. The van der Waals surface area contributed by atoms with Crippen molar-refractivity contribution < 1.29 is 13.2 Å². The molecule has 6 nitrogen and oxygen atoms in total. The van der Waals surface area contributed by atoms with Crippen molar-refractivity contribution >= 4 is 32.5 Å². The number of aryl methyl sites for hydroxylation is 2.